The van der Waals surface area contributed by atoms with E-state index in [4.69, 9.17) is 0 Å². The number of Topliss-reactive ketones (excluding diaryl/α,β-unsaturated/α-hetero) is 1. The van der Waals surface area contributed by atoms with Crippen molar-refractivity contribution in [1.82, 2.24) is 4.98 Å². The van der Waals surface area contributed by atoms with Crippen LogP contribution < -0.4 is 10.9 Å². The lowest BCUT2D eigenvalue weighted by Gasteiger charge is -2.06. The molecule has 1 aromatic carbocycles. The Hall–Kier alpha value is -2.89. The van der Waals surface area contributed by atoms with Gasteiger partial charge in [0.25, 0.3) is 11.5 Å². The van der Waals surface area contributed by atoms with Gasteiger partial charge < -0.3 is 10.4 Å². The van der Waals surface area contributed by atoms with Crippen LogP contribution in [0.2, 0.25) is 0 Å². The normalized spacial score (nSPS) is 10.1. The first-order valence-corrected chi connectivity index (χ1v) is 5.81. The Bertz CT molecular complexity index is 734. The number of aromatic amines is 1. The highest BCUT2D eigenvalue weighted by Crippen LogP contribution is 2.13. The molecule has 6 heteroatoms. The van der Waals surface area contributed by atoms with Crippen molar-refractivity contribution >= 4 is 17.4 Å². The highest BCUT2D eigenvalue weighted by molar-refractivity contribution is 6.05. The number of carbonyl (C=O) groups is 2. The number of ketones is 1. The molecule has 0 unspecified atom stereocenters. The van der Waals surface area contributed by atoms with Gasteiger partial charge in [0.15, 0.2) is 11.7 Å². The van der Waals surface area contributed by atoms with E-state index in [-0.39, 0.29) is 17.2 Å². The van der Waals surface area contributed by atoms with Gasteiger partial charge in [0.05, 0.1) is 5.56 Å². The molecule has 0 atom stereocenters. The molecule has 0 saturated heterocycles. The predicted molar refractivity (Wildman–Crippen MR) is 73.1 cm³/mol. The second-order valence-corrected chi connectivity index (χ2v) is 4.21. The lowest BCUT2D eigenvalue weighted by Crippen LogP contribution is -2.16. The zero-order valence-corrected chi connectivity index (χ0v) is 10.6. The second kappa shape index (κ2) is 5.40. The van der Waals surface area contributed by atoms with Crippen LogP contribution in [0, 0.1) is 0 Å². The van der Waals surface area contributed by atoms with Gasteiger partial charge >= 0.3 is 0 Å². The third-order valence-electron chi connectivity index (χ3n) is 2.62. The Morgan fingerprint density at radius 2 is 1.90 bits per heavy atom. The number of hydrogen-bond donors (Lipinski definition) is 3. The largest absolute Gasteiger partial charge is 0.494 e. The Balaban J connectivity index is 2.25. The molecule has 102 valence electrons. The van der Waals surface area contributed by atoms with Crippen molar-refractivity contribution in [2.75, 3.05) is 5.32 Å². The van der Waals surface area contributed by atoms with Gasteiger partial charge in [-0.1, -0.05) is 12.1 Å². The summed E-state index contributed by atoms with van der Waals surface area (Å²) in [4.78, 5) is 36.5. The van der Waals surface area contributed by atoms with Crippen molar-refractivity contribution in [3.8, 4) is 5.88 Å². The molecule has 2 aromatic rings. The summed E-state index contributed by atoms with van der Waals surface area (Å²) >= 11 is 0. The van der Waals surface area contributed by atoms with E-state index in [0.717, 1.165) is 12.1 Å². The van der Waals surface area contributed by atoms with Gasteiger partial charge in [-0.2, -0.15) is 0 Å². The van der Waals surface area contributed by atoms with Crippen molar-refractivity contribution in [1.29, 1.82) is 0 Å². The molecule has 0 saturated carbocycles. The van der Waals surface area contributed by atoms with Crippen LogP contribution in [0.5, 0.6) is 5.88 Å². The van der Waals surface area contributed by atoms with Crippen molar-refractivity contribution in [3.05, 3.63) is 57.9 Å². The molecule has 3 N–H and O–H groups in total. The lowest BCUT2D eigenvalue weighted by molar-refractivity contribution is 0.101. The smallest absolute Gasteiger partial charge is 0.256 e. The van der Waals surface area contributed by atoms with E-state index in [2.05, 4.69) is 10.3 Å². The third kappa shape index (κ3) is 3.11. The van der Waals surface area contributed by atoms with Gasteiger partial charge in [0, 0.05) is 23.4 Å². The molecule has 0 spiro atoms. The minimum absolute atomic E-state index is 0.0273. The van der Waals surface area contributed by atoms with Crippen molar-refractivity contribution in [3.63, 3.8) is 0 Å². The van der Waals surface area contributed by atoms with Crippen LogP contribution in [0.4, 0.5) is 5.69 Å². The number of benzene rings is 1. The van der Waals surface area contributed by atoms with Gasteiger partial charge in [-0.3, -0.25) is 19.4 Å². The molecule has 0 radical (unpaired) electrons. The number of aromatic nitrogens is 1. The monoisotopic (exact) mass is 272 g/mol. The molecule has 1 amide bonds. The van der Waals surface area contributed by atoms with Crippen LogP contribution in [-0.2, 0) is 0 Å². The fraction of sp³-hybridized carbons (Fsp3) is 0.0714. The van der Waals surface area contributed by atoms with E-state index >= 15 is 0 Å². The number of rotatable bonds is 3. The Morgan fingerprint density at radius 1 is 1.15 bits per heavy atom. The van der Waals surface area contributed by atoms with Crippen LogP contribution in [0.25, 0.3) is 0 Å². The number of pyridine rings is 1. The van der Waals surface area contributed by atoms with Gasteiger partial charge in [-0.25, -0.2) is 0 Å². The lowest BCUT2D eigenvalue weighted by atomic mass is 10.1. The minimum Gasteiger partial charge on any atom is -0.494 e. The van der Waals surface area contributed by atoms with Crippen molar-refractivity contribution in [2.24, 2.45) is 0 Å². The van der Waals surface area contributed by atoms with Crippen LogP contribution in [0.1, 0.15) is 27.6 Å². The maximum absolute atomic E-state index is 11.9. The van der Waals surface area contributed by atoms with Gasteiger partial charge in [-0.15, -0.1) is 0 Å². The summed E-state index contributed by atoms with van der Waals surface area (Å²) in [7, 11) is 0. The quantitative estimate of drug-likeness (QED) is 0.738. The van der Waals surface area contributed by atoms with E-state index in [1.807, 2.05) is 0 Å². The van der Waals surface area contributed by atoms with Crippen LogP contribution >= 0.6 is 0 Å². The first-order valence-electron chi connectivity index (χ1n) is 5.81. The number of carbonyl (C=O) groups excluding carboxylic acids is 2. The zero-order valence-electron chi connectivity index (χ0n) is 10.6. The number of hydrogen-bond acceptors (Lipinski definition) is 4. The average molecular weight is 272 g/mol. The summed E-state index contributed by atoms with van der Waals surface area (Å²) in [5.41, 5.74) is 0.353. The number of anilines is 1. The van der Waals surface area contributed by atoms with Gasteiger partial charge in [0.2, 0.25) is 0 Å². The molecule has 0 aliphatic heterocycles. The first kappa shape index (κ1) is 13.5. The molecule has 0 aliphatic carbocycles. The van der Waals surface area contributed by atoms with Crippen LogP contribution in [-0.4, -0.2) is 21.8 Å². The molecular weight excluding hydrogens is 260 g/mol. The number of nitrogens with one attached hydrogen (secondary N) is 2. The van der Waals surface area contributed by atoms with E-state index in [1.165, 1.54) is 13.0 Å². The average Bonchev–Trinajstić information content (AvgIpc) is 2.37. The predicted octanol–water partition coefficient (Wildman–Crippen LogP) is 1.54. The number of amides is 1. The number of aromatic hydroxyl groups is 1. The highest BCUT2D eigenvalue weighted by Gasteiger charge is 2.09. The minimum atomic E-state index is -0.576. The molecule has 1 heterocycles. The molecule has 0 fully saturated rings. The van der Waals surface area contributed by atoms with E-state index in [1.54, 1.807) is 18.2 Å². The van der Waals surface area contributed by atoms with Crippen molar-refractivity contribution in [2.45, 2.75) is 6.92 Å². The summed E-state index contributed by atoms with van der Waals surface area (Å²) in [5.74, 6) is -1.05. The van der Waals surface area contributed by atoms with Gasteiger partial charge in [-0.05, 0) is 19.1 Å². The summed E-state index contributed by atoms with van der Waals surface area (Å²) in [5, 5.41) is 11.8. The maximum atomic E-state index is 11.9. The molecule has 1 aromatic heterocycles. The molecule has 0 bridgehead atoms. The highest BCUT2D eigenvalue weighted by atomic mass is 16.3. The number of H-pyrrole nitrogens is 1. The Morgan fingerprint density at radius 3 is 2.55 bits per heavy atom. The molecule has 20 heavy (non-hydrogen) atoms. The van der Waals surface area contributed by atoms with Crippen molar-refractivity contribution < 1.29 is 14.7 Å². The summed E-state index contributed by atoms with van der Waals surface area (Å²) < 4.78 is 0. The fourth-order valence-electron chi connectivity index (χ4n) is 1.68. The van der Waals surface area contributed by atoms with E-state index in [9.17, 15) is 19.5 Å². The second-order valence-electron chi connectivity index (χ2n) is 4.21. The summed E-state index contributed by atoms with van der Waals surface area (Å²) in [6.45, 7) is 1.43. The Labute approximate surface area is 114 Å². The van der Waals surface area contributed by atoms with Gasteiger partial charge in [0.1, 0.15) is 0 Å². The molecular formula is C14H12N2O4. The topological polar surface area (TPSA) is 99.3 Å². The standard InChI is InChI=1S/C14H12N2O4/c1-8(17)9-3-2-4-11(5-9)15-14(20)10-6-12(18)16-13(19)7-10/h2-7H,1H3,(H,15,20)(H2,16,18,19). The Kier molecular flexibility index (Phi) is 3.65. The van der Waals surface area contributed by atoms with E-state index in [0.29, 0.717) is 11.3 Å². The maximum Gasteiger partial charge on any atom is 0.256 e. The van der Waals surface area contributed by atoms with Crippen LogP contribution in [0.3, 0.4) is 0 Å². The van der Waals surface area contributed by atoms with Crippen LogP contribution in [0.15, 0.2) is 41.2 Å². The zero-order chi connectivity index (χ0) is 14.7. The first-order chi connectivity index (χ1) is 9.45. The summed E-state index contributed by atoms with van der Waals surface area (Å²) in [6.07, 6.45) is 0. The fourth-order valence-corrected chi connectivity index (χ4v) is 1.68. The molecule has 6 nitrogen and oxygen atoms in total. The van der Waals surface area contributed by atoms with E-state index < -0.39 is 11.5 Å². The summed E-state index contributed by atoms with van der Waals surface area (Å²) in [6, 6.07) is 8.65. The molecule has 2 rings (SSSR count). The molecule has 0 aliphatic rings. The SMILES string of the molecule is CC(=O)c1cccc(NC(=O)c2cc(O)[nH]c(=O)c2)c1. The third-order valence-corrected chi connectivity index (χ3v) is 2.62.